The van der Waals surface area contributed by atoms with Crippen LogP contribution in [0.4, 0.5) is 5.82 Å². The van der Waals surface area contributed by atoms with E-state index in [2.05, 4.69) is 15.3 Å². The highest BCUT2D eigenvalue weighted by Crippen LogP contribution is 2.26. The van der Waals surface area contributed by atoms with Crippen LogP contribution in [0.15, 0.2) is 48.8 Å². The van der Waals surface area contributed by atoms with Gasteiger partial charge in [-0.2, -0.15) is 0 Å². The molecular formula is C17H16ClN3O2. The van der Waals surface area contributed by atoms with Gasteiger partial charge in [0, 0.05) is 10.4 Å². The first-order valence-electron chi connectivity index (χ1n) is 7.18. The Morgan fingerprint density at radius 2 is 1.91 bits per heavy atom. The van der Waals surface area contributed by atoms with Crippen LogP contribution in [0, 0.1) is 0 Å². The zero-order chi connectivity index (χ0) is 16.1. The molecule has 1 aromatic heterocycles. The van der Waals surface area contributed by atoms with Crippen molar-refractivity contribution in [2.24, 2.45) is 0 Å². The molecule has 0 radical (unpaired) electrons. The van der Waals surface area contributed by atoms with Crippen LogP contribution in [0.5, 0.6) is 11.5 Å². The van der Waals surface area contributed by atoms with Crippen molar-refractivity contribution in [3.63, 3.8) is 0 Å². The molecule has 3 rings (SSSR count). The van der Waals surface area contributed by atoms with E-state index in [0.717, 1.165) is 28.2 Å². The lowest BCUT2D eigenvalue weighted by molar-refractivity contribution is 0.306. The average Bonchev–Trinajstić information content (AvgIpc) is 2.58. The van der Waals surface area contributed by atoms with E-state index in [4.69, 9.17) is 21.1 Å². The van der Waals surface area contributed by atoms with E-state index in [-0.39, 0.29) is 0 Å². The predicted molar refractivity (Wildman–Crippen MR) is 91.5 cm³/mol. The lowest BCUT2D eigenvalue weighted by Crippen LogP contribution is -2.13. The van der Waals surface area contributed by atoms with Gasteiger partial charge in [0.05, 0.1) is 19.2 Å². The number of methoxy groups -OCH3 is 1. The van der Waals surface area contributed by atoms with E-state index < -0.39 is 0 Å². The third kappa shape index (κ3) is 3.63. The summed E-state index contributed by atoms with van der Waals surface area (Å²) in [5.41, 5.74) is 0.806. The van der Waals surface area contributed by atoms with Crippen molar-refractivity contribution in [1.82, 2.24) is 9.97 Å². The molecule has 0 aliphatic heterocycles. The first-order valence-corrected chi connectivity index (χ1v) is 7.55. The summed E-state index contributed by atoms with van der Waals surface area (Å²) in [6.45, 7) is 1.09. The predicted octanol–water partition coefficient (Wildman–Crippen LogP) is 3.78. The standard InChI is InChI=1S/C17H16ClN3O2/c1-22-15-4-2-3-5-16(15)23-9-8-19-17-13-7-6-12(18)10-14(13)20-11-21-17/h2-7,10-11H,8-9H2,1H3,(H,19,20,21). The largest absolute Gasteiger partial charge is 0.493 e. The molecule has 0 amide bonds. The molecule has 0 unspecified atom stereocenters. The van der Waals surface area contributed by atoms with Crippen molar-refractivity contribution in [3.05, 3.63) is 53.8 Å². The van der Waals surface area contributed by atoms with Crippen LogP contribution in [-0.2, 0) is 0 Å². The SMILES string of the molecule is COc1ccccc1OCCNc1ncnc2cc(Cl)ccc12. The molecule has 23 heavy (non-hydrogen) atoms. The van der Waals surface area contributed by atoms with Crippen LogP contribution in [0.3, 0.4) is 0 Å². The first-order chi connectivity index (χ1) is 11.3. The van der Waals surface area contributed by atoms with Gasteiger partial charge in [-0.1, -0.05) is 23.7 Å². The number of benzene rings is 2. The van der Waals surface area contributed by atoms with Gasteiger partial charge in [0.1, 0.15) is 18.8 Å². The maximum Gasteiger partial charge on any atom is 0.161 e. The number of ether oxygens (including phenoxy) is 2. The van der Waals surface area contributed by atoms with E-state index in [1.54, 1.807) is 7.11 Å². The topological polar surface area (TPSA) is 56.3 Å². The van der Waals surface area contributed by atoms with E-state index in [1.807, 2.05) is 42.5 Å². The van der Waals surface area contributed by atoms with Gasteiger partial charge in [0.15, 0.2) is 11.5 Å². The Labute approximate surface area is 139 Å². The maximum absolute atomic E-state index is 5.98. The van der Waals surface area contributed by atoms with E-state index in [1.165, 1.54) is 6.33 Å². The Balaban J connectivity index is 1.63. The van der Waals surface area contributed by atoms with Crippen molar-refractivity contribution < 1.29 is 9.47 Å². The van der Waals surface area contributed by atoms with Gasteiger partial charge >= 0.3 is 0 Å². The van der Waals surface area contributed by atoms with Crippen LogP contribution in [0.25, 0.3) is 10.9 Å². The number of nitrogens with zero attached hydrogens (tertiary/aromatic N) is 2. The molecular weight excluding hydrogens is 314 g/mol. The van der Waals surface area contributed by atoms with Crippen LogP contribution in [0.2, 0.25) is 5.02 Å². The molecule has 1 N–H and O–H groups in total. The second kappa shape index (κ2) is 7.15. The third-order valence-electron chi connectivity index (χ3n) is 3.32. The smallest absolute Gasteiger partial charge is 0.161 e. The first kappa shape index (κ1) is 15.4. The molecule has 6 heteroatoms. The second-order valence-corrected chi connectivity index (χ2v) is 5.25. The van der Waals surface area contributed by atoms with Gasteiger partial charge < -0.3 is 14.8 Å². The lowest BCUT2D eigenvalue weighted by Gasteiger charge is -2.12. The summed E-state index contributed by atoms with van der Waals surface area (Å²) in [6.07, 6.45) is 1.52. The van der Waals surface area contributed by atoms with Gasteiger partial charge in [-0.3, -0.25) is 0 Å². The van der Waals surface area contributed by atoms with Gasteiger partial charge in [-0.15, -0.1) is 0 Å². The van der Waals surface area contributed by atoms with Crippen LogP contribution < -0.4 is 14.8 Å². The van der Waals surface area contributed by atoms with Gasteiger partial charge in [-0.25, -0.2) is 9.97 Å². The number of aromatic nitrogens is 2. The quantitative estimate of drug-likeness (QED) is 0.697. The van der Waals surface area contributed by atoms with Crippen LogP contribution >= 0.6 is 11.6 Å². The van der Waals surface area contributed by atoms with Gasteiger partial charge in [0.25, 0.3) is 0 Å². The van der Waals surface area contributed by atoms with Crippen molar-refractivity contribution in [1.29, 1.82) is 0 Å². The molecule has 0 saturated heterocycles. The molecule has 2 aromatic carbocycles. The Kier molecular flexibility index (Phi) is 4.78. The van der Waals surface area contributed by atoms with Crippen molar-refractivity contribution in [2.75, 3.05) is 25.6 Å². The van der Waals surface area contributed by atoms with Crippen LogP contribution in [-0.4, -0.2) is 30.2 Å². The molecule has 1 heterocycles. The summed E-state index contributed by atoms with van der Waals surface area (Å²) in [5.74, 6) is 2.20. The number of hydrogen-bond acceptors (Lipinski definition) is 5. The summed E-state index contributed by atoms with van der Waals surface area (Å²) >= 11 is 5.98. The summed E-state index contributed by atoms with van der Waals surface area (Å²) in [6, 6.07) is 13.1. The Hall–Kier alpha value is -2.53. The number of nitrogens with one attached hydrogen (secondary N) is 1. The van der Waals surface area contributed by atoms with Gasteiger partial charge in [-0.05, 0) is 30.3 Å². The number of rotatable bonds is 6. The van der Waals surface area contributed by atoms with Crippen molar-refractivity contribution in [2.45, 2.75) is 0 Å². The summed E-state index contributed by atoms with van der Waals surface area (Å²) in [5, 5.41) is 4.83. The van der Waals surface area contributed by atoms with Crippen molar-refractivity contribution in [3.8, 4) is 11.5 Å². The Morgan fingerprint density at radius 3 is 2.74 bits per heavy atom. The zero-order valence-corrected chi connectivity index (χ0v) is 13.4. The highest BCUT2D eigenvalue weighted by atomic mass is 35.5. The minimum Gasteiger partial charge on any atom is -0.493 e. The highest BCUT2D eigenvalue weighted by Gasteiger charge is 2.05. The summed E-state index contributed by atoms with van der Waals surface area (Å²) in [4.78, 5) is 8.49. The fourth-order valence-corrected chi connectivity index (χ4v) is 2.41. The molecule has 3 aromatic rings. The number of anilines is 1. The molecule has 0 aliphatic rings. The molecule has 5 nitrogen and oxygen atoms in total. The maximum atomic E-state index is 5.98. The molecule has 0 spiro atoms. The Morgan fingerprint density at radius 1 is 1.09 bits per heavy atom. The lowest BCUT2D eigenvalue weighted by atomic mass is 10.2. The summed E-state index contributed by atoms with van der Waals surface area (Å²) in [7, 11) is 1.62. The second-order valence-electron chi connectivity index (χ2n) is 4.81. The fourth-order valence-electron chi connectivity index (χ4n) is 2.24. The molecule has 0 bridgehead atoms. The monoisotopic (exact) mass is 329 g/mol. The average molecular weight is 330 g/mol. The number of hydrogen-bond donors (Lipinski definition) is 1. The minimum absolute atomic E-state index is 0.486. The van der Waals surface area contributed by atoms with E-state index >= 15 is 0 Å². The van der Waals surface area contributed by atoms with E-state index in [9.17, 15) is 0 Å². The summed E-state index contributed by atoms with van der Waals surface area (Å²) < 4.78 is 11.0. The molecule has 118 valence electrons. The van der Waals surface area contributed by atoms with Crippen molar-refractivity contribution >= 4 is 28.3 Å². The third-order valence-corrected chi connectivity index (χ3v) is 3.55. The van der Waals surface area contributed by atoms with Crippen LogP contribution in [0.1, 0.15) is 0 Å². The Bertz CT molecular complexity index is 811. The number of fused-ring (bicyclic) bond motifs is 1. The molecule has 0 saturated carbocycles. The molecule has 0 aliphatic carbocycles. The number of halogens is 1. The zero-order valence-electron chi connectivity index (χ0n) is 12.6. The molecule has 0 fully saturated rings. The number of para-hydroxylation sites is 2. The van der Waals surface area contributed by atoms with Gasteiger partial charge in [0.2, 0.25) is 0 Å². The normalized spacial score (nSPS) is 10.5. The van der Waals surface area contributed by atoms with E-state index in [0.29, 0.717) is 18.2 Å². The molecule has 0 atom stereocenters. The fraction of sp³-hybridized carbons (Fsp3) is 0.176. The highest BCUT2D eigenvalue weighted by molar-refractivity contribution is 6.31. The minimum atomic E-state index is 0.486.